The number of nitrogens with one attached hydrogen (secondary N) is 1. The highest BCUT2D eigenvalue weighted by Crippen LogP contribution is 2.80. The summed E-state index contributed by atoms with van der Waals surface area (Å²) >= 11 is 0. The van der Waals surface area contributed by atoms with Crippen molar-refractivity contribution in [2.45, 2.75) is 253 Å². The van der Waals surface area contributed by atoms with E-state index in [2.05, 4.69) is 81.5 Å². The highest BCUT2D eigenvalue weighted by molar-refractivity contribution is 8.77. The van der Waals surface area contributed by atoms with Crippen LogP contribution in [0.2, 0.25) is 0 Å². The third-order valence-electron chi connectivity index (χ3n) is 28.9. The number of hydrogen-bond donors (Lipinski definition) is 5. The number of ether oxygens (including phenoxy) is 2. The third kappa shape index (κ3) is 9.71. The van der Waals surface area contributed by atoms with Crippen LogP contribution in [0.25, 0.3) is 0 Å². The van der Waals surface area contributed by atoms with Crippen molar-refractivity contribution in [3.05, 3.63) is 101 Å². The Bertz CT molecular complexity index is 3300. The van der Waals surface area contributed by atoms with E-state index >= 15 is 4.79 Å². The Morgan fingerprint density at radius 1 is 0.789 bits per heavy atom. The second-order valence-corrected chi connectivity index (χ2v) is 35.3. The molecule has 1 saturated heterocycles. The number of phenolic OH excluding ortho intramolecular Hbond substituents is 2. The van der Waals surface area contributed by atoms with Crippen molar-refractivity contribution in [2.75, 3.05) is 18.8 Å². The number of nitrogens with zero attached hydrogens (tertiary/aromatic N) is 2. The molecule has 6 heterocycles. The molecule has 13 heteroatoms. The summed E-state index contributed by atoms with van der Waals surface area (Å²) in [6.45, 7) is 2.96. The minimum Gasteiger partial charge on any atom is -0.508 e. The van der Waals surface area contributed by atoms with Gasteiger partial charge in [0.15, 0.2) is 17.5 Å². The van der Waals surface area contributed by atoms with Gasteiger partial charge in [-0.15, -0.1) is 0 Å². The molecule has 16 aliphatic rings. The fourth-order valence-electron chi connectivity index (χ4n) is 25.1. The van der Waals surface area contributed by atoms with Crippen molar-refractivity contribution in [2.24, 2.45) is 73.3 Å². The van der Waals surface area contributed by atoms with Gasteiger partial charge in [0.2, 0.25) is 5.91 Å². The molecule has 19 rings (SSSR count). The van der Waals surface area contributed by atoms with Gasteiger partial charge in [-0.1, -0.05) is 95.8 Å². The average Bonchev–Trinajstić information content (AvgIpc) is 1.50. The first-order valence-electron chi connectivity index (χ1n) is 36.2. The summed E-state index contributed by atoms with van der Waals surface area (Å²) in [7, 11) is 4.32. The van der Waals surface area contributed by atoms with Gasteiger partial charge in [-0.25, -0.2) is 0 Å². The molecule has 90 heavy (non-hydrogen) atoms. The minimum absolute atomic E-state index is 0.0723. The van der Waals surface area contributed by atoms with E-state index in [-0.39, 0.29) is 74.4 Å². The largest absolute Gasteiger partial charge is 0.508 e. The molecule has 10 fully saturated rings. The molecule has 9 saturated carbocycles. The van der Waals surface area contributed by atoms with Gasteiger partial charge in [-0.3, -0.25) is 14.6 Å². The Morgan fingerprint density at radius 2 is 1.61 bits per heavy atom. The van der Waals surface area contributed by atoms with Crippen LogP contribution in [0.1, 0.15) is 239 Å². The second kappa shape index (κ2) is 23.0. The van der Waals surface area contributed by atoms with Gasteiger partial charge < -0.3 is 40.7 Å². The first-order valence-corrected chi connectivity index (χ1v) is 38.6. The number of hydrogen-bond acceptors (Lipinski definition) is 12. The molecule has 0 aromatic heterocycles. The number of carbonyl (C=O) groups is 2. The molecule has 15 unspecified atom stereocenters. The number of guanidine groups is 1. The van der Waals surface area contributed by atoms with E-state index in [4.69, 9.17) is 20.2 Å². The standard InChI is InChI=1S/C77H102N4O7S2/c1-50(82)87-72-33-22-54-40-57(67(86)68-66(54)55-23-35-75(88-68)28-10-15-58(75)41-55)47-81-49-73(45-65(81)85)59(19-20-63(73)53-13-3-2-4-14-53)46-79-69(78)80-77(31-11-27-70(77)25-5-6-26-70)90-89-48-60-18-17-56(62(24-34-72)64(84)44-72)43-74(60)37-36-71(76(74)29-7-8-30-76)32-21-52(42-71)38-51-12-9-16-61(83)39-51/h2-4,9,12-14,16,23,35,39-40,52,55-56,58-60,62-64,83-84,86H,5-8,10-11,15,17-22,24-34,36-38,41-49H2,1H3,(H3,78,79,80). The number of aromatic hydroxyl groups is 2. The summed E-state index contributed by atoms with van der Waals surface area (Å²) in [5.41, 5.74) is 12.0. The fourth-order valence-corrected chi connectivity index (χ4v) is 29.1. The average molecular weight is 1260 g/mol. The maximum Gasteiger partial charge on any atom is 0.303 e. The van der Waals surface area contributed by atoms with Crippen LogP contribution < -0.4 is 15.8 Å². The highest BCUT2D eigenvalue weighted by Gasteiger charge is 2.72. The van der Waals surface area contributed by atoms with Crippen LogP contribution >= 0.6 is 21.6 Å². The highest BCUT2D eigenvalue weighted by atomic mass is 33.1. The summed E-state index contributed by atoms with van der Waals surface area (Å²) in [6, 6.07) is 21.1. The lowest BCUT2D eigenvalue weighted by molar-refractivity contribution is -0.173. The number of aliphatic hydroxyl groups excluding tert-OH is 1. The lowest BCUT2D eigenvalue weighted by Gasteiger charge is -2.60. The molecule has 6 aliphatic heterocycles. The number of benzene rings is 3. The number of aliphatic hydroxyl groups is 1. The quantitative estimate of drug-likeness (QED) is 0.0958. The Balaban J connectivity index is 0.786. The SMILES string of the molecule is CC(=O)OC12CCc3cc(c(O)c4c3C3C=CC5(CCCC5C3)O4)CN3CC4(CC3=O)C(CCC4c3ccccc3)CN=C(N)NC3(CCCC34CCCC4)SSCC3CCC(CC34CCC3(CCC(Cc5cccc(O)c5)C3)C43CCCC3)C(CC1)C(O)C2. The number of carbonyl (C=O) groups excluding carboxylic acids is 2. The Kier molecular flexibility index (Phi) is 15.5. The van der Waals surface area contributed by atoms with Gasteiger partial charge in [-0.2, -0.15) is 0 Å². The molecule has 3 aromatic carbocycles. The molecule has 3 aromatic rings. The predicted octanol–water partition coefficient (Wildman–Crippen LogP) is 15.9. The summed E-state index contributed by atoms with van der Waals surface area (Å²) < 4.78 is 14.0. The minimum atomic E-state index is -0.845. The summed E-state index contributed by atoms with van der Waals surface area (Å²) in [5.74, 6) is 5.07. The number of allylic oxidation sites excluding steroid dienone is 1. The lowest BCUT2D eigenvalue weighted by atomic mass is 9.45. The molecule has 10 bridgehead atoms. The maximum absolute atomic E-state index is 15.1. The lowest BCUT2D eigenvalue weighted by Crippen LogP contribution is -2.56. The zero-order valence-electron chi connectivity index (χ0n) is 53.8. The smallest absolute Gasteiger partial charge is 0.303 e. The first-order chi connectivity index (χ1) is 43.6. The van der Waals surface area contributed by atoms with Gasteiger partial charge in [-0.05, 0) is 260 Å². The van der Waals surface area contributed by atoms with Crippen LogP contribution in [0.15, 0.2) is 77.8 Å². The molecule has 11 nitrogen and oxygen atoms in total. The van der Waals surface area contributed by atoms with Gasteiger partial charge in [0.1, 0.15) is 21.8 Å². The van der Waals surface area contributed by atoms with Crippen molar-refractivity contribution in [3.8, 4) is 17.2 Å². The van der Waals surface area contributed by atoms with E-state index < -0.39 is 17.3 Å². The van der Waals surface area contributed by atoms with Gasteiger partial charge in [0.05, 0.1) is 6.10 Å². The Labute approximate surface area is 543 Å². The normalized spacial score (nSPS) is 40.8. The molecule has 0 radical (unpaired) electrons. The van der Waals surface area contributed by atoms with Crippen LogP contribution in [0.4, 0.5) is 0 Å². The fraction of sp³-hybridized carbons (Fsp3) is 0.701. The van der Waals surface area contributed by atoms with Crippen LogP contribution in [0, 0.1) is 62.6 Å². The van der Waals surface area contributed by atoms with Crippen molar-refractivity contribution < 1.29 is 34.4 Å². The molecular formula is C77H102N4O7S2. The number of phenols is 2. The van der Waals surface area contributed by atoms with Crippen molar-refractivity contribution >= 4 is 39.4 Å². The summed E-state index contributed by atoms with van der Waals surface area (Å²) in [5, 5.41) is 40.7. The molecule has 15 atom stereocenters. The number of fused-ring (bicyclic) bond motifs is 2. The molecule has 10 aliphatic carbocycles. The van der Waals surface area contributed by atoms with E-state index in [1.165, 1.54) is 120 Å². The van der Waals surface area contributed by atoms with E-state index in [0.717, 1.165) is 87.5 Å². The molecule has 7 spiro atoms. The molecule has 1 amide bonds. The number of aliphatic imine (C=N–C) groups is 1. The van der Waals surface area contributed by atoms with Crippen LogP contribution in [-0.2, 0) is 33.7 Å². The summed E-state index contributed by atoms with van der Waals surface area (Å²) in [6.07, 6.45) is 38.3. The van der Waals surface area contributed by atoms with Crippen LogP contribution in [0.3, 0.4) is 0 Å². The summed E-state index contributed by atoms with van der Waals surface area (Å²) in [4.78, 5) is 36.0. The number of nitrogens with two attached hydrogens (primary N) is 1. The Hall–Kier alpha value is -4.33. The van der Waals surface area contributed by atoms with E-state index in [1.54, 1.807) is 6.92 Å². The van der Waals surface area contributed by atoms with Gasteiger partial charge >= 0.3 is 5.97 Å². The van der Waals surface area contributed by atoms with E-state index in [0.29, 0.717) is 90.9 Å². The van der Waals surface area contributed by atoms with Gasteiger partial charge in [0.25, 0.3) is 0 Å². The topological polar surface area (TPSA) is 167 Å². The second-order valence-electron chi connectivity index (χ2n) is 32.6. The van der Waals surface area contributed by atoms with E-state index in [1.807, 2.05) is 23.1 Å². The van der Waals surface area contributed by atoms with Crippen molar-refractivity contribution in [3.63, 3.8) is 0 Å². The van der Waals surface area contributed by atoms with Crippen LogP contribution in [0.5, 0.6) is 17.2 Å². The number of amides is 1. The van der Waals surface area contributed by atoms with Gasteiger partial charge in [0, 0.05) is 78.9 Å². The predicted molar refractivity (Wildman–Crippen MR) is 358 cm³/mol. The number of aryl methyl sites for hydroxylation is 1. The van der Waals surface area contributed by atoms with Crippen molar-refractivity contribution in [1.29, 1.82) is 0 Å². The molecular weight excluding hydrogens is 1160 g/mol. The van der Waals surface area contributed by atoms with Crippen LogP contribution in [-0.4, -0.2) is 79.1 Å². The molecule has 6 N–H and O–H groups in total. The Morgan fingerprint density at radius 3 is 2.43 bits per heavy atom. The number of rotatable bonds is 4. The zero-order chi connectivity index (χ0) is 61.3. The zero-order valence-corrected chi connectivity index (χ0v) is 55.5. The van der Waals surface area contributed by atoms with Crippen molar-refractivity contribution in [1.82, 2.24) is 10.2 Å². The first kappa shape index (κ1) is 60.6. The third-order valence-corrected chi connectivity index (χ3v) is 32.2. The molecule has 484 valence electrons. The monoisotopic (exact) mass is 1260 g/mol. The maximum atomic E-state index is 15.1. The van der Waals surface area contributed by atoms with E-state index in [9.17, 15) is 20.1 Å². The number of esters is 1.